The number of pyridine rings is 1. The highest BCUT2D eigenvalue weighted by Gasteiger charge is 2.31. The van der Waals surface area contributed by atoms with E-state index in [0.717, 1.165) is 6.92 Å². The standard InChI is InChI=1S/C41H40F5N3O3S/c1-27-6-15-36-34(22-27)37(50)23-39(53-26-31-4-3-5-35(42)40(31)43)49(36)25-38(51)48(33-16-18-47(19-17-33)20-21-52-2)24-28-7-9-29(10-8-28)30-11-13-32(14-12-30)41(44,45)46/h3-15,22-23,33H,16-21,24-26H2,1-2H3/i3D,4D,5D,6D,7D,8D,9D,10D,11D,12D,13D,14D,15D,16D2,17D2,18D2,19D2,20D2,21D2,22D,23D,26D2,33D. The van der Waals surface area contributed by atoms with Gasteiger partial charge in [0.25, 0.3) is 0 Å². The number of thioether (sulfide) groups is 1. The predicted octanol–water partition coefficient (Wildman–Crippen LogP) is 8.71. The van der Waals surface area contributed by atoms with Crippen LogP contribution in [0.4, 0.5) is 22.0 Å². The number of amides is 1. The number of alkyl halides is 3. The van der Waals surface area contributed by atoms with Gasteiger partial charge in [-0.05, 0) is 66.6 Å². The number of likely N-dealkylation sites (tertiary alicyclic amines) is 1. The fourth-order valence-electron chi connectivity index (χ4n) is 4.31. The van der Waals surface area contributed by atoms with Crippen molar-refractivity contribution in [1.29, 1.82) is 0 Å². The average molecular weight is 780 g/mol. The fraction of sp³-hybridized carbons (Fsp3) is 0.317. The number of piperidine rings is 1. The van der Waals surface area contributed by atoms with E-state index in [1.807, 2.05) is 0 Å². The molecular weight excluding hydrogens is 710 g/mol. The number of nitrogens with zero attached hydrogens (tertiary/aromatic N) is 3. The Bertz CT molecular complexity index is 3560. The van der Waals surface area contributed by atoms with Crippen molar-refractivity contribution in [2.24, 2.45) is 0 Å². The third-order valence-corrected chi connectivity index (χ3v) is 7.57. The zero-order valence-electron chi connectivity index (χ0n) is 56.8. The van der Waals surface area contributed by atoms with Crippen LogP contribution in [0, 0.1) is 18.6 Å². The van der Waals surface area contributed by atoms with Crippen molar-refractivity contribution >= 4 is 28.6 Å². The predicted molar refractivity (Wildman–Crippen MR) is 198 cm³/mol. The Morgan fingerprint density at radius 2 is 1.70 bits per heavy atom. The van der Waals surface area contributed by atoms with Crippen LogP contribution >= 0.6 is 11.8 Å². The van der Waals surface area contributed by atoms with Crippen molar-refractivity contribution in [3.63, 3.8) is 0 Å². The van der Waals surface area contributed by atoms with E-state index in [-0.39, 0.29) is 4.57 Å². The van der Waals surface area contributed by atoms with E-state index in [2.05, 4.69) is 4.74 Å². The van der Waals surface area contributed by atoms with E-state index in [0.29, 0.717) is 7.11 Å². The lowest BCUT2D eigenvalue weighted by Gasteiger charge is -2.39. The van der Waals surface area contributed by atoms with Crippen molar-refractivity contribution in [2.75, 3.05) is 33.2 Å². The summed E-state index contributed by atoms with van der Waals surface area (Å²) in [5, 5.41) is -2.47. The Kier molecular flexibility index (Phi) is 4.93. The fourth-order valence-corrected chi connectivity index (χ4v) is 5.06. The Labute approximate surface area is 351 Å². The molecule has 1 aliphatic heterocycles. The van der Waals surface area contributed by atoms with Gasteiger partial charge in [-0.3, -0.25) is 9.59 Å². The molecule has 0 saturated carbocycles. The van der Waals surface area contributed by atoms with Gasteiger partial charge < -0.3 is 19.1 Å². The highest BCUT2D eigenvalue weighted by Crippen LogP contribution is 2.32. The van der Waals surface area contributed by atoms with Gasteiger partial charge in [0.05, 0.1) is 47.3 Å². The number of carbonyl (C=O) groups excluding carboxylic acids is 1. The average Bonchev–Trinajstić information content (AvgIpc) is 0.807. The Balaban J connectivity index is 1.79. The van der Waals surface area contributed by atoms with Gasteiger partial charge in [-0.1, -0.05) is 59.9 Å². The number of halogens is 5. The molecule has 0 spiro atoms. The van der Waals surface area contributed by atoms with Gasteiger partial charge in [0.2, 0.25) is 5.91 Å². The Hall–Kier alpha value is -4.52. The molecule has 1 aromatic heterocycles. The molecule has 2 heterocycles. The summed E-state index contributed by atoms with van der Waals surface area (Å²) in [5.41, 5.74) is -15.0. The monoisotopic (exact) mass is 779 g/mol. The highest BCUT2D eigenvalue weighted by atomic mass is 32.2. The van der Waals surface area contributed by atoms with E-state index in [9.17, 15) is 24.8 Å². The maximum atomic E-state index is 15.7. The summed E-state index contributed by atoms with van der Waals surface area (Å²) in [5.74, 6) is -6.77. The van der Waals surface area contributed by atoms with Crippen LogP contribution in [-0.4, -0.2) is 59.5 Å². The lowest BCUT2D eigenvalue weighted by atomic mass is 10.00. The van der Waals surface area contributed by atoms with Crippen molar-refractivity contribution in [1.82, 2.24) is 14.4 Å². The first-order valence-electron chi connectivity index (χ1n) is 29.5. The molecule has 0 N–H and O–H groups in total. The number of methoxy groups -OCH3 is 1. The second-order valence-electron chi connectivity index (χ2n) is 10.3. The van der Waals surface area contributed by atoms with Gasteiger partial charge in [0, 0.05) is 78.3 Å². The van der Waals surface area contributed by atoms with Crippen LogP contribution in [0.15, 0.2) is 100 Å². The van der Waals surface area contributed by atoms with Crippen LogP contribution in [0.2, 0.25) is 0 Å². The number of benzene rings is 4. The van der Waals surface area contributed by atoms with Crippen molar-refractivity contribution < 1.29 is 72.6 Å². The molecule has 0 unspecified atom stereocenters. The molecule has 278 valence electrons. The largest absolute Gasteiger partial charge is 0.416 e. The zero-order chi connectivity index (χ0) is 64.2. The molecular formula is C41H40F5N3O3S. The first-order chi connectivity index (χ1) is 37.3. The quantitative estimate of drug-likeness (QED) is 0.0938. The van der Waals surface area contributed by atoms with Gasteiger partial charge in [-0.2, -0.15) is 13.2 Å². The maximum absolute atomic E-state index is 15.7. The molecule has 0 aliphatic carbocycles. The van der Waals surface area contributed by atoms with Gasteiger partial charge in [-0.25, -0.2) is 8.78 Å². The van der Waals surface area contributed by atoms with E-state index in [1.54, 1.807) is 0 Å². The minimum Gasteiger partial charge on any atom is -0.383 e. The smallest absolute Gasteiger partial charge is 0.383 e. The molecule has 5 aromatic rings. The summed E-state index contributed by atoms with van der Waals surface area (Å²) in [7, 11) is 0.470. The lowest BCUT2D eigenvalue weighted by molar-refractivity contribution is -0.137. The first-order valence-corrected chi connectivity index (χ1v) is 15.3. The SMILES string of the molecule is [2H]c1c([2H])c(F)c(F)c(C([2H])([2H])Sc2c([2H])c(=O)c3c([2H])c(C)c([2H])c([2H])c3n2CC(=O)N(Cc2c([2H])c([2H])c(-c3c([2H])c([2H])c(C(F)(F)F)c([2H])c3[2H])c([2H])c2[2H])C2([2H])C([2H])([2H])C([2H])([2H])N(C([2H])([2H])C([2H])([2H])OC)C([2H])([2H])C2([2H])[2H])c1[2H]. The lowest BCUT2D eigenvalue weighted by Crippen LogP contribution is -2.48. The van der Waals surface area contributed by atoms with Crippen LogP contribution in [0.3, 0.4) is 0 Å². The normalized spacial score (nSPS) is 27.5. The van der Waals surface area contributed by atoms with Crippen LogP contribution in [0.25, 0.3) is 22.0 Å². The number of carbonyl (C=O) groups is 1. The minimum atomic E-state index is -5.55. The second-order valence-corrected chi connectivity index (χ2v) is 11.1. The molecule has 0 atom stereocenters. The molecule has 53 heavy (non-hydrogen) atoms. The maximum Gasteiger partial charge on any atom is 0.416 e. The number of ether oxygens (including phenoxy) is 1. The summed E-state index contributed by atoms with van der Waals surface area (Å²) < 4.78 is 339. The third kappa shape index (κ3) is 9.17. The van der Waals surface area contributed by atoms with E-state index < -0.39 is 254 Å². The van der Waals surface area contributed by atoms with Crippen LogP contribution in [-0.2, 0) is 34.5 Å². The molecule has 1 saturated heterocycles. The molecule has 12 heteroatoms. The van der Waals surface area contributed by atoms with Crippen molar-refractivity contribution in [2.45, 2.75) is 55.7 Å². The minimum absolute atomic E-state index is 0.136. The van der Waals surface area contributed by atoms with Gasteiger partial charge >= 0.3 is 6.18 Å². The second kappa shape index (κ2) is 16.7. The molecule has 6 rings (SSSR count). The van der Waals surface area contributed by atoms with Crippen molar-refractivity contribution in [3.8, 4) is 11.1 Å². The molecule has 6 nitrogen and oxygen atoms in total. The summed E-state index contributed by atoms with van der Waals surface area (Å²) in [4.78, 5) is 28.3. The first kappa shape index (κ1) is 15.7. The van der Waals surface area contributed by atoms with Crippen molar-refractivity contribution in [3.05, 3.63) is 135 Å². The summed E-state index contributed by atoms with van der Waals surface area (Å²) >= 11 is -0.608. The number of aromatic nitrogens is 1. The van der Waals surface area contributed by atoms with Crippen LogP contribution in [0.5, 0.6) is 0 Å². The zero-order valence-corrected chi connectivity index (χ0v) is 27.6. The van der Waals surface area contributed by atoms with Crippen LogP contribution in [0.1, 0.15) is 76.1 Å². The number of rotatable bonds is 12. The summed E-state index contributed by atoms with van der Waals surface area (Å²) in [6.45, 7) is -20.8. The highest BCUT2D eigenvalue weighted by molar-refractivity contribution is 7.98. The molecule has 0 bridgehead atoms. The molecule has 1 aliphatic rings. The summed E-state index contributed by atoms with van der Waals surface area (Å²) in [6.07, 6.45) is -15.2. The molecule has 4 aromatic carbocycles. The molecule has 0 radical (unpaired) electrons. The van der Waals surface area contributed by atoms with Crippen LogP contribution < -0.4 is 5.43 Å². The van der Waals surface area contributed by atoms with E-state index in [4.69, 9.17) is 34.3 Å². The summed E-state index contributed by atoms with van der Waals surface area (Å²) in [6, 6.07) is -27.1. The molecule has 1 fully saturated rings. The number of hydrogen-bond acceptors (Lipinski definition) is 5. The van der Waals surface area contributed by atoms with Gasteiger partial charge in [0.1, 0.15) is 6.54 Å². The third-order valence-electron chi connectivity index (χ3n) is 6.75. The Morgan fingerprint density at radius 3 is 2.36 bits per heavy atom. The molecule has 1 amide bonds. The topological polar surface area (TPSA) is 54.8 Å². The van der Waals surface area contributed by atoms with E-state index in [1.165, 1.54) is 0 Å². The van der Waals surface area contributed by atoms with E-state index >= 15 is 13.6 Å². The Morgan fingerprint density at radius 1 is 1.02 bits per heavy atom. The number of fused-ring (bicyclic) bond motifs is 1. The van der Waals surface area contributed by atoms with Gasteiger partial charge in [-0.15, -0.1) is 11.8 Å². The van der Waals surface area contributed by atoms with Gasteiger partial charge in [0.15, 0.2) is 17.1 Å². The number of hydrogen-bond donors (Lipinski definition) is 0.